The van der Waals surface area contributed by atoms with Gasteiger partial charge in [-0.05, 0) is 54.8 Å². The van der Waals surface area contributed by atoms with Crippen LogP contribution in [0.5, 0.6) is 0 Å². The number of H-pyrrole nitrogens is 1. The third-order valence-electron chi connectivity index (χ3n) is 4.88. The summed E-state index contributed by atoms with van der Waals surface area (Å²) in [7, 11) is 0. The topological polar surface area (TPSA) is 62.4 Å². The Balaban J connectivity index is 1.65. The standard InChI is InChI=1S/C21H22N2O3S/c1-14-6-7-18-15(10-14)11-16(20(24)22-18)12-23(13-17-4-3-9-27-17)21(25)19-5-2-8-26-19/h3-4,6-7,9-11,19H,2,5,8,12-13H2,1H3,(H,22,24). The molecule has 0 aliphatic carbocycles. The van der Waals surface area contributed by atoms with E-state index in [1.807, 2.05) is 48.7 Å². The van der Waals surface area contributed by atoms with E-state index in [2.05, 4.69) is 4.98 Å². The average molecular weight is 382 g/mol. The number of fused-ring (bicyclic) bond motifs is 1. The number of nitrogens with zero attached hydrogens (tertiary/aromatic N) is 1. The van der Waals surface area contributed by atoms with Gasteiger partial charge in [0, 0.05) is 22.6 Å². The highest BCUT2D eigenvalue weighted by Gasteiger charge is 2.29. The maximum absolute atomic E-state index is 13.0. The van der Waals surface area contributed by atoms with Crippen molar-refractivity contribution in [3.8, 4) is 0 Å². The predicted octanol–water partition coefficient (Wildman–Crippen LogP) is 3.61. The molecule has 1 fully saturated rings. The Kier molecular flexibility index (Phi) is 5.09. The number of aromatic amines is 1. The Morgan fingerprint density at radius 3 is 2.93 bits per heavy atom. The molecule has 0 radical (unpaired) electrons. The number of aromatic nitrogens is 1. The molecule has 1 aliphatic rings. The van der Waals surface area contributed by atoms with Crippen LogP contribution < -0.4 is 5.56 Å². The minimum Gasteiger partial charge on any atom is -0.368 e. The van der Waals surface area contributed by atoms with Crippen LogP contribution in [-0.2, 0) is 22.6 Å². The zero-order valence-corrected chi connectivity index (χ0v) is 16.1. The molecule has 0 saturated carbocycles. The molecule has 0 spiro atoms. The molecule has 6 heteroatoms. The molecule has 1 saturated heterocycles. The SMILES string of the molecule is Cc1ccc2[nH]c(=O)c(CN(Cc3cccs3)C(=O)C3CCCO3)cc2c1. The first-order valence-corrected chi connectivity index (χ1v) is 10.0. The van der Waals surface area contributed by atoms with Crippen LogP contribution in [0.25, 0.3) is 10.9 Å². The predicted molar refractivity (Wildman–Crippen MR) is 107 cm³/mol. The quantitative estimate of drug-likeness (QED) is 0.733. The van der Waals surface area contributed by atoms with E-state index in [1.165, 1.54) is 0 Å². The molecule has 1 N–H and O–H groups in total. The number of hydrogen-bond acceptors (Lipinski definition) is 4. The molecule has 1 unspecified atom stereocenters. The van der Waals surface area contributed by atoms with Gasteiger partial charge in [-0.2, -0.15) is 0 Å². The summed E-state index contributed by atoms with van der Waals surface area (Å²) in [5.41, 5.74) is 2.38. The number of carbonyl (C=O) groups is 1. The van der Waals surface area contributed by atoms with Crippen molar-refractivity contribution in [2.24, 2.45) is 0 Å². The zero-order chi connectivity index (χ0) is 18.8. The van der Waals surface area contributed by atoms with E-state index in [1.54, 1.807) is 16.2 Å². The summed E-state index contributed by atoms with van der Waals surface area (Å²) >= 11 is 1.61. The number of nitrogens with one attached hydrogen (secondary N) is 1. The number of thiophene rings is 1. The van der Waals surface area contributed by atoms with E-state index < -0.39 is 6.10 Å². The fourth-order valence-corrected chi connectivity index (χ4v) is 4.19. The van der Waals surface area contributed by atoms with Crippen molar-refractivity contribution in [2.75, 3.05) is 6.61 Å². The van der Waals surface area contributed by atoms with Crippen molar-refractivity contribution in [2.45, 2.75) is 39.0 Å². The van der Waals surface area contributed by atoms with Crippen molar-refractivity contribution in [1.29, 1.82) is 0 Å². The lowest BCUT2D eigenvalue weighted by molar-refractivity contribution is -0.142. The Morgan fingerprint density at radius 2 is 2.19 bits per heavy atom. The second kappa shape index (κ2) is 7.66. The lowest BCUT2D eigenvalue weighted by atomic mass is 10.1. The molecular formula is C21H22N2O3S. The van der Waals surface area contributed by atoms with Gasteiger partial charge in [-0.3, -0.25) is 9.59 Å². The van der Waals surface area contributed by atoms with Gasteiger partial charge in [0.05, 0.1) is 13.1 Å². The molecule has 2 aromatic heterocycles. The van der Waals surface area contributed by atoms with E-state index in [0.717, 1.165) is 34.2 Å². The third kappa shape index (κ3) is 3.96. The van der Waals surface area contributed by atoms with Crippen molar-refractivity contribution in [1.82, 2.24) is 9.88 Å². The van der Waals surface area contributed by atoms with Crippen LogP contribution in [0.15, 0.2) is 46.6 Å². The molecule has 1 atom stereocenters. The van der Waals surface area contributed by atoms with Gasteiger partial charge in [-0.15, -0.1) is 11.3 Å². The monoisotopic (exact) mass is 382 g/mol. The van der Waals surface area contributed by atoms with Crippen LogP contribution in [0.1, 0.15) is 28.8 Å². The van der Waals surface area contributed by atoms with Crippen LogP contribution in [-0.4, -0.2) is 28.5 Å². The van der Waals surface area contributed by atoms with Gasteiger partial charge < -0.3 is 14.6 Å². The molecule has 4 rings (SSSR count). The summed E-state index contributed by atoms with van der Waals surface area (Å²) in [5, 5.41) is 2.97. The molecule has 3 heterocycles. The van der Waals surface area contributed by atoms with Gasteiger partial charge in [-0.25, -0.2) is 0 Å². The number of benzene rings is 1. The third-order valence-corrected chi connectivity index (χ3v) is 5.74. The van der Waals surface area contributed by atoms with E-state index in [4.69, 9.17) is 4.74 Å². The summed E-state index contributed by atoms with van der Waals surface area (Å²) in [6, 6.07) is 11.8. The second-order valence-corrected chi connectivity index (χ2v) is 8.02. The fraction of sp³-hybridized carbons (Fsp3) is 0.333. The fourth-order valence-electron chi connectivity index (χ4n) is 3.47. The number of aryl methyl sites for hydroxylation is 1. The van der Waals surface area contributed by atoms with Crippen molar-refractivity contribution < 1.29 is 9.53 Å². The van der Waals surface area contributed by atoms with Crippen LogP contribution in [0, 0.1) is 6.92 Å². The van der Waals surface area contributed by atoms with E-state index in [0.29, 0.717) is 18.7 Å². The number of ether oxygens (including phenoxy) is 1. The van der Waals surface area contributed by atoms with Crippen LogP contribution in [0.2, 0.25) is 0 Å². The van der Waals surface area contributed by atoms with E-state index in [-0.39, 0.29) is 18.0 Å². The minimum atomic E-state index is -0.397. The zero-order valence-electron chi connectivity index (χ0n) is 15.2. The Labute approximate surface area is 161 Å². The Morgan fingerprint density at radius 1 is 1.30 bits per heavy atom. The maximum Gasteiger partial charge on any atom is 0.253 e. The van der Waals surface area contributed by atoms with E-state index >= 15 is 0 Å². The highest BCUT2D eigenvalue weighted by Crippen LogP contribution is 2.21. The number of carbonyl (C=O) groups excluding carboxylic acids is 1. The number of rotatable bonds is 5. The molecular weight excluding hydrogens is 360 g/mol. The molecule has 1 aromatic carbocycles. The highest BCUT2D eigenvalue weighted by atomic mass is 32.1. The largest absolute Gasteiger partial charge is 0.368 e. The highest BCUT2D eigenvalue weighted by molar-refractivity contribution is 7.09. The molecule has 1 amide bonds. The molecule has 140 valence electrons. The first-order chi connectivity index (χ1) is 13.1. The smallest absolute Gasteiger partial charge is 0.253 e. The minimum absolute atomic E-state index is 0.0374. The van der Waals surface area contributed by atoms with Gasteiger partial charge in [0.1, 0.15) is 6.10 Å². The normalized spacial score (nSPS) is 16.7. The summed E-state index contributed by atoms with van der Waals surface area (Å²) in [6.07, 6.45) is 1.25. The number of amides is 1. The van der Waals surface area contributed by atoms with Gasteiger partial charge >= 0.3 is 0 Å². The van der Waals surface area contributed by atoms with Crippen LogP contribution >= 0.6 is 11.3 Å². The molecule has 5 nitrogen and oxygen atoms in total. The molecule has 3 aromatic rings. The first kappa shape index (κ1) is 17.9. The summed E-state index contributed by atoms with van der Waals surface area (Å²) < 4.78 is 5.60. The Hall–Kier alpha value is -2.44. The van der Waals surface area contributed by atoms with Crippen molar-refractivity contribution in [3.63, 3.8) is 0 Å². The molecule has 0 bridgehead atoms. The lowest BCUT2D eigenvalue weighted by Crippen LogP contribution is -2.39. The van der Waals surface area contributed by atoms with Crippen molar-refractivity contribution in [3.05, 3.63) is 68.1 Å². The van der Waals surface area contributed by atoms with Crippen LogP contribution in [0.3, 0.4) is 0 Å². The van der Waals surface area contributed by atoms with Gasteiger partial charge in [0.2, 0.25) is 0 Å². The van der Waals surface area contributed by atoms with Gasteiger partial charge in [0.15, 0.2) is 0 Å². The van der Waals surface area contributed by atoms with Gasteiger partial charge in [0.25, 0.3) is 11.5 Å². The second-order valence-electron chi connectivity index (χ2n) is 6.99. The lowest BCUT2D eigenvalue weighted by Gasteiger charge is -2.25. The summed E-state index contributed by atoms with van der Waals surface area (Å²) in [4.78, 5) is 31.3. The maximum atomic E-state index is 13.0. The van der Waals surface area contributed by atoms with Crippen LogP contribution in [0.4, 0.5) is 0 Å². The number of pyridine rings is 1. The number of hydrogen-bond donors (Lipinski definition) is 1. The van der Waals surface area contributed by atoms with Gasteiger partial charge in [-0.1, -0.05) is 17.7 Å². The molecule has 1 aliphatic heterocycles. The summed E-state index contributed by atoms with van der Waals surface area (Å²) in [6.45, 7) is 3.41. The van der Waals surface area contributed by atoms with Crippen molar-refractivity contribution >= 4 is 28.1 Å². The average Bonchev–Trinajstić information content (AvgIpc) is 3.35. The molecule has 27 heavy (non-hydrogen) atoms. The first-order valence-electron chi connectivity index (χ1n) is 9.15. The van der Waals surface area contributed by atoms with E-state index in [9.17, 15) is 9.59 Å². The Bertz CT molecular complexity index is 1000. The summed E-state index contributed by atoms with van der Waals surface area (Å²) in [5.74, 6) is -0.0374.